The van der Waals surface area contributed by atoms with E-state index in [0.717, 1.165) is 24.8 Å². The summed E-state index contributed by atoms with van der Waals surface area (Å²) in [5, 5.41) is 8.46. The van der Waals surface area contributed by atoms with Crippen LogP contribution in [0.25, 0.3) is 0 Å². The minimum Gasteiger partial charge on any atom is -0.480 e. The predicted octanol–water partition coefficient (Wildman–Crippen LogP) is 5.78. The van der Waals surface area contributed by atoms with Crippen LogP contribution in [-0.4, -0.2) is 48.4 Å². The number of carbonyl (C=O) groups excluding carboxylic acids is 1. The zero-order valence-electron chi connectivity index (χ0n) is 21.5. The maximum atomic E-state index is 12.0. The number of hydrogen-bond donors (Lipinski definition) is 1. The first kappa shape index (κ1) is 30.1. The van der Waals surface area contributed by atoms with Crippen LogP contribution in [0.1, 0.15) is 87.8 Å². The number of nitrogens with two attached hydrogens (primary N) is 1. The molecule has 2 N–H and O–H groups in total. The Morgan fingerprint density at radius 2 is 1.84 bits per heavy atom. The van der Waals surface area contributed by atoms with E-state index in [1.54, 1.807) is 25.3 Å². The summed E-state index contributed by atoms with van der Waals surface area (Å²) < 4.78 is 61.8. The van der Waals surface area contributed by atoms with Crippen molar-refractivity contribution >= 4 is 17.5 Å². The van der Waals surface area contributed by atoms with Crippen LogP contribution in [0.2, 0.25) is 5.02 Å². The molecule has 1 saturated carbocycles. The van der Waals surface area contributed by atoms with E-state index in [9.17, 15) is 18.0 Å². The summed E-state index contributed by atoms with van der Waals surface area (Å²) in [6.45, 7) is 4.67. The van der Waals surface area contributed by atoms with E-state index in [1.807, 2.05) is 13.8 Å². The number of benzene rings is 1. The van der Waals surface area contributed by atoms with Gasteiger partial charge in [0.2, 0.25) is 11.8 Å². The Hall–Kier alpha value is -2.41. The first-order chi connectivity index (χ1) is 18.1. The van der Waals surface area contributed by atoms with E-state index in [4.69, 9.17) is 36.0 Å². The van der Waals surface area contributed by atoms with E-state index in [1.165, 1.54) is 0 Å². The van der Waals surface area contributed by atoms with Crippen molar-refractivity contribution in [3.05, 3.63) is 40.6 Å². The lowest BCUT2D eigenvalue weighted by Crippen LogP contribution is -2.38. The van der Waals surface area contributed by atoms with Gasteiger partial charge in [-0.15, -0.1) is 23.4 Å². The van der Waals surface area contributed by atoms with Crippen LogP contribution >= 0.6 is 11.6 Å². The van der Waals surface area contributed by atoms with Gasteiger partial charge < -0.3 is 24.4 Å². The minimum atomic E-state index is -4.58. The van der Waals surface area contributed by atoms with Gasteiger partial charge in [0.1, 0.15) is 11.9 Å². The van der Waals surface area contributed by atoms with Crippen molar-refractivity contribution in [1.82, 2.24) is 10.2 Å². The van der Waals surface area contributed by atoms with Gasteiger partial charge in [-0.05, 0) is 50.3 Å². The molecule has 1 aromatic heterocycles. The van der Waals surface area contributed by atoms with E-state index < -0.39 is 24.5 Å². The van der Waals surface area contributed by atoms with Crippen molar-refractivity contribution in [3.63, 3.8) is 0 Å². The number of ether oxygens (including phenoxy) is 4. The number of rotatable bonds is 5. The number of amides is 1. The van der Waals surface area contributed by atoms with Crippen LogP contribution in [0.5, 0.6) is 5.75 Å². The lowest BCUT2D eigenvalue weighted by molar-refractivity contribution is -0.352. The molecule has 0 bridgehead atoms. The third-order valence-electron chi connectivity index (χ3n) is 6.27. The summed E-state index contributed by atoms with van der Waals surface area (Å²) in [6, 6.07) is 5.21. The average Bonchev–Trinajstić information content (AvgIpc) is 3.36. The van der Waals surface area contributed by atoms with Crippen molar-refractivity contribution in [3.8, 4) is 5.75 Å². The molecule has 1 aliphatic carbocycles. The maximum Gasteiger partial charge on any atom is 0.522 e. The number of carbonyl (C=O) groups is 1. The van der Waals surface area contributed by atoms with Crippen LogP contribution in [0, 0.1) is 0 Å². The molecule has 13 heteroatoms. The van der Waals surface area contributed by atoms with Crippen molar-refractivity contribution in [2.24, 2.45) is 5.73 Å². The number of aromatic nitrogens is 2. The molecule has 38 heavy (non-hydrogen) atoms. The highest BCUT2D eigenvalue weighted by Gasteiger charge is 2.42. The Morgan fingerprint density at radius 1 is 1.13 bits per heavy atom. The Morgan fingerprint density at radius 3 is 2.45 bits per heavy atom. The van der Waals surface area contributed by atoms with E-state index >= 15 is 0 Å². The Bertz CT molecular complexity index is 1040. The lowest BCUT2D eigenvalue weighted by atomic mass is 9.82. The second-order valence-electron chi connectivity index (χ2n) is 8.84. The molecule has 3 heterocycles. The molecule has 0 spiro atoms. The summed E-state index contributed by atoms with van der Waals surface area (Å²) in [5.74, 6) is 0.789. The molecule has 5 rings (SSSR count). The van der Waals surface area contributed by atoms with Crippen molar-refractivity contribution in [2.45, 2.75) is 89.1 Å². The number of halogens is 4. The maximum absolute atomic E-state index is 12.0. The number of alkyl halides is 3. The zero-order valence-corrected chi connectivity index (χ0v) is 22.3. The molecule has 3 unspecified atom stereocenters. The molecule has 1 saturated heterocycles. The molecular weight excluding hydrogens is 531 g/mol. The van der Waals surface area contributed by atoms with Gasteiger partial charge in [0.25, 0.3) is 5.91 Å². The molecule has 2 fully saturated rings. The Kier molecular flexibility index (Phi) is 10.8. The Balaban J connectivity index is 0.000000202. The van der Waals surface area contributed by atoms with Crippen LogP contribution in [-0.2, 0) is 19.0 Å². The first-order valence-electron chi connectivity index (χ1n) is 12.6. The quantitative estimate of drug-likeness (QED) is 0.486. The van der Waals surface area contributed by atoms with Crippen LogP contribution < -0.4 is 10.5 Å². The summed E-state index contributed by atoms with van der Waals surface area (Å²) in [4.78, 5) is 11.1. The third-order valence-corrected chi connectivity index (χ3v) is 6.51. The van der Waals surface area contributed by atoms with Gasteiger partial charge in [-0.2, -0.15) is 0 Å². The fourth-order valence-electron chi connectivity index (χ4n) is 4.33. The second-order valence-corrected chi connectivity index (χ2v) is 9.28. The van der Waals surface area contributed by atoms with Gasteiger partial charge in [-0.1, -0.05) is 25.4 Å². The standard InChI is InChI=1S/C12H15F3N2O3.C11H12ClNO3.C2H6/c13-12(14,15)20-8-5-7(6-8)10-16-17-11(19-10)9-3-1-2-4-18-9;1-15-9-5-10(11(13)14)16-8-3-2-6(12)4-7(8)9;1-2/h7-9H,1-6H2;2-4,9-10H,5H2,1H3,(H2,13,14);1-2H3. The third kappa shape index (κ3) is 8.05. The molecule has 3 atom stereocenters. The van der Waals surface area contributed by atoms with E-state index in [2.05, 4.69) is 14.9 Å². The normalized spacial score (nSPS) is 26.3. The van der Waals surface area contributed by atoms with Gasteiger partial charge in [0.05, 0.1) is 12.2 Å². The van der Waals surface area contributed by atoms with Gasteiger partial charge >= 0.3 is 6.36 Å². The van der Waals surface area contributed by atoms with Crippen molar-refractivity contribution in [2.75, 3.05) is 13.7 Å². The molecule has 2 aromatic rings. The highest BCUT2D eigenvalue weighted by atomic mass is 35.5. The highest BCUT2D eigenvalue weighted by Crippen LogP contribution is 2.41. The molecule has 212 valence electrons. The zero-order chi connectivity index (χ0) is 27.9. The fourth-order valence-corrected chi connectivity index (χ4v) is 4.51. The molecule has 3 aliphatic rings. The number of methoxy groups -OCH3 is 1. The topological polar surface area (TPSA) is 119 Å². The van der Waals surface area contributed by atoms with Gasteiger partial charge in [0.15, 0.2) is 6.10 Å². The van der Waals surface area contributed by atoms with Crippen LogP contribution in [0.3, 0.4) is 0 Å². The molecular formula is C25H33ClF3N3O6. The summed E-state index contributed by atoms with van der Waals surface area (Å²) in [5.41, 5.74) is 6.08. The molecule has 1 amide bonds. The Labute approximate surface area is 224 Å². The minimum absolute atomic E-state index is 0.146. The lowest BCUT2D eigenvalue weighted by Gasteiger charge is -2.32. The summed E-state index contributed by atoms with van der Waals surface area (Å²) in [6.07, 6.45) is -2.56. The van der Waals surface area contributed by atoms with Gasteiger partial charge in [-0.25, -0.2) is 0 Å². The highest BCUT2D eigenvalue weighted by molar-refractivity contribution is 6.30. The fraction of sp³-hybridized carbons (Fsp3) is 0.640. The number of hydrogen-bond acceptors (Lipinski definition) is 8. The first-order valence-corrected chi connectivity index (χ1v) is 13.0. The second kappa shape index (κ2) is 13.6. The summed E-state index contributed by atoms with van der Waals surface area (Å²) >= 11 is 5.90. The van der Waals surface area contributed by atoms with Crippen molar-refractivity contribution < 1.29 is 41.3 Å². The molecule has 9 nitrogen and oxygen atoms in total. The number of fused-ring (bicyclic) bond motifs is 1. The predicted molar refractivity (Wildman–Crippen MR) is 131 cm³/mol. The smallest absolute Gasteiger partial charge is 0.480 e. The largest absolute Gasteiger partial charge is 0.522 e. The van der Waals surface area contributed by atoms with E-state index in [0.29, 0.717) is 35.6 Å². The molecule has 1 aromatic carbocycles. The van der Waals surface area contributed by atoms with Gasteiger partial charge in [-0.3, -0.25) is 9.53 Å². The molecule has 0 radical (unpaired) electrons. The SMILES string of the molecule is CC.COC1CC(C(N)=O)Oc2ccc(Cl)cc21.FC(F)(F)OC1CC(c2nnc(C3CCCCO3)o2)C1. The monoisotopic (exact) mass is 563 g/mol. The number of primary amides is 1. The van der Waals surface area contributed by atoms with E-state index in [-0.39, 0.29) is 31.0 Å². The van der Waals surface area contributed by atoms with Gasteiger partial charge in [0, 0.05) is 36.6 Å². The average molecular weight is 564 g/mol. The van der Waals surface area contributed by atoms with Crippen molar-refractivity contribution in [1.29, 1.82) is 0 Å². The molecule has 2 aliphatic heterocycles. The number of nitrogens with zero attached hydrogens (tertiary/aromatic N) is 2. The van der Waals surface area contributed by atoms with Crippen LogP contribution in [0.15, 0.2) is 22.6 Å². The van der Waals surface area contributed by atoms with Crippen LogP contribution in [0.4, 0.5) is 13.2 Å². The summed E-state index contributed by atoms with van der Waals surface area (Å²) in [7, 11) is 1.58.